The minimum absolute atomic E-state index is 0.311. The molecule has 0 bridgehead atoms. The molecular formula is C28H31N3O2. The maximum Gasteiger partial charge on any atom is 0.336 e. The van der Waals surface area contributed by atoms with Gasteiger partial charge in [0.05, 0.1) is 5.56 Å². The van der Waals surface area contributed by atoms with Gasteiger partial charge in [-0.2, -0.15) is 5.10 Å². The first-order chi connectivity index (χ1) is 16.1. The molecule has 0 aliphatic heterocycles. The van der Waals surface area contributed by atoms with Crippen LogP contribution < -0.4 is 0 Å². The Balaban J connectivity index is 1.49. The van der Waals surface area contributed by atoms with Crippen molar-refractivity contribution in [3.05, 3.63) is 71.3 Å². The topological polar surface area (TPSA) is 68.0 Å². The first-order valence-corrected chi connectivity index (χ1v) is 11.9. The van der Waals surface area contributed by atoms with E-state index in [1.807, 2.05) is 48.0 Å². The normalized spacial score (nSPS) is 14.0. The predicted octanol–water partition coefficient (Wildman–Crippen LogP) is 5.77. The zero-order valence-corrected chi connectivity index (χ0v) is 19.3. The summed E-state index contributed by atoms with van der Waals surface area (Å²) in [5.74, 6) is 7.80. The van der Waals surface area contributed by atoms with Crippen LogP contribution in [0.4, 0.5) is 0 Å². The number of rotatable bonds is 8. The Labute approximate surface area is 195 Å². The summed E-state index contributed by atoms with van der Waals surface area (Å²) < 4.78 is 1.93. The van der Waals surface area contributed by atoms with Gasteiger partial charge in [-0.3, -0.25) is 0 Å². The first kappa shape index (κ1) is 22.8. The quantitative estimate of drug-likeness (QED) is 0.451. The SMILES string of the molecule is CC#CCn1nc(CCC2CCCCC2)nc1Cc1ccc(-c2ccccc2C(=O)O)cc1. The second-order valence-electron chi connectivity index (χ2n) is 8.80. The lowest BCUT2D eigenvalue weighted by Gasteiger charge is -2.20. The molecule has 0 atom stereocenters. The molecule has 1 N–H and O–H groups in total. The van der Waals surface area contributed by atoms with E-state index in [0.29, 0.717) is 18.5 Å². The summed E-state index contributed by atoms with van der Waals surface area (Å²) in [5.41, 5.74) is 3.04. The van der Waals surface area contributed by atoms with E-state index >= 15 is 0 Å². The predicted molar refractivity (Wildman–Crippen MR) is 130 cm³/mol. The summed E-state index contributed by atoms with van der Waals surface area (Å²) in [6.07, 6.45) is 9.54. The highest BCUT2D eigenvalue weighted by molar-refractivity contribution is 5.95. The summed E-state index contributed by atoms with van der Waals surface area (Å²) >= 11 is 0. The molecule has 1 aliphatic rings. The van der Waals surface area contributed by atoms with Gasteiger partial charge >= 0.3 is 5.97 Å². The average molecular weight is 442 g/mol. The fourth-order valence-corrected chi connectivity index (χ4v) is 4.66. The molecule has 0 spiro atoms. The standard InChI is InChI=1S/C28H31N3O2/c1-2-3-19-31-27(29-26(30-31)18-15-21-9-5-4-6-10-21)20-22-13-16-23(17-14-22)24-11-7-8-12-25(24)28(32)33/h7-8,11-14,16-17,21H,4-6,9-10,15,18-20H2,1H3,(H,32,33). The molecule has 1 heterocycles. The molecule has 2 aromatic carbocycles. The van der Waals surface area contributed by atoms with Crippen LogP contribution in [-0.2, 0) is 19.4 Å². The van der Waals surface area contributed by atoms with E-state index in [-0.39, 0.29) is 0 Å². The van der Waals surface area contributed by atoms with Crippen LogP contribution in [-0.4, -0.2) is 25.8 Å². The Morgan fingerprint density at radius 1 is 1.09 bits per heavy atom. The molecule has 0 radical (unpaired) electrons. The molecule has 5 heteroatoms. The number of benzene rings is 2. The summed E-state index contributed by atoms with van der Waals surface area (Å²) in [4.78, 5) is 16.4. The molecule has 1 saturated carbocycles. The van der Waals surface area contributed by atoms with E-state index in [9.17, 15) is 9.90 Å². The van der Waals surface area contributed by atoms with Gasteiger partial charge in [0.2, 0.25) is 0 Å². The van der Waals surface area contributed by atoms with Crippen molar-refractivity contribution in [3.8, 4) is 23.0 Å². The largest absolute Gasteiger partial charge is 0.478 e. The van der Waals surface area contributed by atoms with Gasteiger partial charge in [-0.1, -0.05) is 80.5 Å². The molecule has 3 aromatic rings. The molecule has 4 rings (SSSR count). The zero-order chi connectivity index (χ0) is 23.0. The molecule has 5 nitrogen and oxygen atoms in total. The number of aromatic nitrogens is 3. The molecule has 1 aliphatic carbocycles. The number of carbonyl (C=O) groups is 1. The van der Waals surface area contributed by atoms with Gasteiger partial charge < -0.3 is 5.11 Å². The maximum absolute atomic E-state index is 11.6. The third-order valence-electron chi connectivity index (χ3n) is 6.48. The molecule has 0 saturated heterocycles. The van der Waals surface area contributed by atoms with Crippen molar-refractivity contribution in [1.82, 2.24) is 14.8 Å². The van der Waals surface area contributed by atoms with Gasteiger partial charge in [-0.25, -0.2) is 14.5 Å². The van der Waals surface area contributed by atoms with Crippen LogP contribution in [0.3, 0.4) is 0 Å². The number of hydrogen-bond acceptors (Lipinski definition) is 3. The van der Waals surface area contributed by atoms with Gasteiger partial charge in [0.15, 0.2) is 5.82 Å². The molecule has 0 unspecified atom stereocenters. The van der Waals surface area contributed by atoms with Crippen LogP contribution in [0, 0.1) is 17.8 Å². The van der Waals surface area contributed by atoms with Crippen molar-refractivity contribution in [2.45, 2.75) is 64.8 Å². The lowest BCUT2D eigenvalue weighted by atomic mass is 9.86. The first-order valence-electron chi connectivity index (χ1n) is 11.9. The Bertz CT molecular complexity index is 1150. The van der Waals surface area contributed by atoms with Gasteiger partial charge in [0.25, 0.3) is 0 Å². The van der Waals surface area contributed by atoms with E-state index in [1.165, 1.54) is 38.5 Å². The van der Waals surface area contributed by atoms with Crippen LogP contribution in [0.5, 0.6) is 0 Å². The fourth-order valence-electron chi connectivity index (χ4n) is 4.66. The zero-order valence-electron chi connectivity index (χ0n) is 19.3. The Morgan fingerprint density at radius 2 is 1.85 bits per heavy atom. The highest BCUT2D eigenvalue weighted by Crippen LogP contribution is 2.27. The molecule has 33 heavy (non-hydrogen) atoms. The lowest BCUT2D eigenvalue weighted by Crippen LogP contribution is -2.08. The molecule has 1 aromatic heterocycles. The van der Waals surface area contributed by atoms with Crippen molar-refractivity contribution in [3.63, 3.8) is 0 Å². The van der Waals surface area contributed by atoms with Gasteiger partial charge in [0, 0.05) is 12.8 Å². The van der Waals surface area contributed by atoms with Crippen LogP contribution >= 0.6 is 0 Å². The van der Waals surface area contributed by atoms with Crippen LogP contribution in [0.25, 0.3) is 11.1 Å². The second-order valence-corrected chi connectivity index (χ2v) is 8.80. The lowest BCUT2D eigenvalue weighted by molar-refractivity contribution is 0.0697. The van der Waals surface area contributed by atoms with Crippen molar-refractivity contribution >= 4 is 5.97 Å². The van der Waals surface area contributed by atoms with Crippen LogP contribution in [0.15, 0.2) is 48.5 Å². The average Bonchev–Trinajstić information content (AvgIpc) is 3.24. The highest BCUT2D eigenvalue weighted by Gasteiger charge is 2.16. The van der Waals surface area contributed by atoms with Crippen molar-refractivity contribution in [2.75, 3.05) is 0 Å². The molecule has 0 amide bonds. The maximum atomic E-state index is 11.6. The van der Waals surface area contributed by atoms with Gasteiger partial charge in [-0.15, -0.1) is 5.92 Å². The highest BCUT2D eigenvalue weighted by atomic mass is 16.4. The third kappa shape index (κ3) is 5.90. The van der Waals surface area contributed by atoms with Gasteiger partial charge in [0.1, 0.15) is 12.4 Å². The van der Waals surface area contributed by atoms with Crippen molar-refractivity contribution in [2.24, 2.45) is 5.92 Å². The molecule has 170 valence electrons. The summed E-state index contributed by atoms with van der Waals surface area (Å²) in [6, 6.07) is 15.1. The Kier molecular flexibility index (Phi) is 7.57. The molecule has 1 fully saturated rings. The van der Waals surface area contributed by atoms with Crippen LogP contribution in [0.1, 0.15) is 73.0 Å². The summed E-state index contributed by atoms with van der Waals surface area (Å²) in [5, 5.41) is 14.2. The van der Waals surface area contributed by atoms with E-state index < -0.39 is 5.97 Å². The van der Waals surface area contributed by atoms with Crippen molar-refractivity contribution < 1.29 is 9.90 Å². The van der Waals surface area contributed by atoms with E-state index in [0.717, 1.165) is 40.7 Å². The second kappa shape index (κ2) is 11.0. The van der Waals surface area contributed by atoms with Gasteiger partial charge in [-0.05, 0) is 42.0 Å². The molecular weight excluding hydrogens is 410 g/mol. The summed E-state index contributed by atoms with van der Waals surface area (Å²) in [7, 11) is 0. The number of nitrogens with zero attached hydrogens (tertiary/aromatic N) is 3. The minimum Gasteiger partial charge on any atom is -0.478 e. The number of aryl methyl sites for hydroxylation is 1. The van der Waals surface area contributed by atoms with Crippen molar-refractivity contribution in [1.29, 1.82) is 0 Å². The summed E-state index contributed by atoms with van der Waals surface area (Å²) in [6.45, 7) is 2.39. The number of hydrogen-bond donors (Lipinski definition) is 1. The monoisotopic (exact) mass is 441 g/mol. The Hall–Kier alpha value is -3.39. The van der Waals surface area contributed by atoms with E-state index in [4.69, 9.17) is 10.1 Å². The van der Waals surface area contributed by atoms with Crippen LogP contribution in [0.2, 0.25) is 0 Å². The fraction of sp³-hybridized carbons (Fsp3) is 0.393. The number of carboxylic acid groups (broad SMARTS) is 1. The van der Waals surface area contributed by atoms with E-state index in [1.54, 1.807) is 12.1 Å². The Morgan fingerprint density at radius 3 is 2.58 bits per heavy atom. The van der Waals surface area contributed by atoms with E-state index in [2.05, 4.69) is 11.8 Å². The number of carboxylic acids is 1. The number of aromatic carboxylic acids is 1. The smallest absolute Gasteiger partial charge is 0.336 e. The third-order valence-corrected chi connectivity index (χ3v) is 6.48. The minimum atomic E-state index is -0.916.